The van der Waals surface area contributed by atoms with Gasteiger partial charge in [-0.2, -0.15) is 13.2 Å². The lowest BCUT2D eigenvalue weighted by molar-refractivity contribution is -0.763. The van der Waals surface area contributed by atoms with Crippen molar-refractivity contribution in [3.05, 3.63) is 99.6 Å². The monoisotopic (exact) mass is 592 g/mol. The van der Waals surface area contributed by atoms with E-state index in [9.17, 15) is 28.1 Å². The van der Waals surface area contributed by atoms with Crippen molar-refractivity contribution in [2.24, 2.45) is 5.92 Å². The summed E-state index contributed by atoms with van der Waals surface area (Å²) < 4.78 is 42.9. The van der Waals surface area contributed by atoms with Crippen LogP contribution in [0.2, 0.25) is 0 Å². The first-order chi connectivity index (χ1) is 20.2. The minimum atomic E-state index is -4.32. The summed E-state index contributed by atoms with van der Waals surface area (Å²) in [6.07, 6.45) is 14.6. The highest BCUT2D eigenvalue weighted by atomic mass is 19.4. The van der Waals surface area contributed by atoms with Gasteiger partial charge in [0.1, 0.15) is 12.4 Å². The van der Waals surface area contributed by atoms with Gasteiger partial charge in [-0.05, 0) is 67.9 Å². The maximum absolute atomic E-state index is 12.5. The quantitative estimate of drug-likeness (QED) is 0.0780. The summed E-state index contributed by atoms with van der Waals surface area (Å²) in [4.78, 5) is 24.2. The summed E-state index contributed by atoms with van der Waals surface area (Å²) in [7, 11) is 0. The van der Waals surface area contributed by atoms with E-state index in [1.165, 1.54) is 51.0 Å². The third kappa shape index (κ3) is 17.8. The Bertz CT molecular complexity index is 1080. The molecule has 0 aromatic heterocycles. The number of allylic oxidation sites excluding steroid dienone is 3. The van der Waals surface area contributed by atoms with Crippen molar-refractivity contribution in [3.8, 4) is 5.75 Å². The highest BCUT2D eigenvalue weighted by Crippen LogP contribution is 2.31. The molecule has 2 aromatic rings. The molecule has 0 saturated heterocycles. The van der Waals surface area contributed by atoms with E-state index in [2.05, 4.69) is 48.3 Å². The summed E-state index contributed by atoms with van der Waals surface area (Å²) in [6, 6.07) is 12.0. The number of nitrogens with zero attached hydrogens (tertiary/aromatic N) is 1. The highest BCUT2D eigenvalue weighted by molar-refractivity contribution is 5.46. The van der Waals surface area contributed by atoms with Crippen LogP contribution >= 0.6 is 0 Å². The highest BCUT2D eigenvalue weighted by Gasteiger charge is 2.30. The van der Waals surface area contributed by atoms with Crippen molar-refractivity contribution >= 4 is 6.41 Å². The van der Waals surface area contributed by atoms with Gasteiger partial charge < -0.3 is 14.9 Å². The number of carbonyl (C=O) groups excluding carboxylic acids is 1. The average molecular weight is 593 g/mol. The Kier molecular flexibility index (Phi) is 18.8. The van der Waals surface area contributed by atoms with Crippen LogP contribution in [-0.2, 0) is 29.0 Å². The van der Waals surface area contributed by atoms with Crippen molar-refractivity contribution in [2.75, 3.05) is 6.61 Å². The number of alkyl halides is 3. The zero-order valence-corrected chi connectivity index (χ0v) is 24.5. The first kappa shape index (κ1) is 36.2. The van der Waals surface area contributed by atoms with Gasteiger partial charge in [0.15, 0.2) is 0 Å². The second-order valence-corrected chi connectivity index (χ2v) is 9.66. The number of halogens is 3. The summed E-state index contributed by atoms with van der Waals surface area (Å²) in [5.41, 5.74) is 0.889. The zero-order valence-electron chi connectivity index (χ0n) is 24.5. The summed E-state index contributed by atoms with van der Waals surface area (Å²) in [5.74, 6) is 0.956. The molecule has 0 unspecified atom stereocenters. The molecule has 2 aromatic carbocycles. The van der Waals surface area contributed by atoms with E-state index in [0.717, 1.165) is 24.1 Å². The fourth-order valence-electron chi connectivity index (χ4n) is 4.05. The molecule has 1 saturated carbocycles. The van der Waals surface area contributed by atoms with E-state index in [0.29, 0.717) is 31.0 Å². The Balaban J connectivity index is 0.000000353. The molecule has 1 aliphatic rings. The van der Waals surface area contributed by atoms with Crippen LogP contribution in [0.4, 0.5) is 13.2 Å². The number of hydrogen-bond acceptors (Lipinski definition) is 5. The van der Waals surface area contributed by atoms with E-state index < -0.39 is 16.8 Å². The van der Waals surface area contributed by atoms with Crippen LogP contribution in [0.3, 0.4) is 0 Å². The first-order valence-corrected chi connectivity index (χ1v) is 14.3. The predicted octanol–water partition coefficient (Wildman–Crippen LogP) is 8.61. The number of rotatable bonds is 14. The molecule has 1 amide bonds. The number of ether oxygens (including phenoxy) is 1. The lowest BCUT2D eigenvalue weighted by Crippen LogP contribution is -2.10. The third-order valence-electron chi connectivity index (χ3n) is 6.20. The Morgan fingerprint density at radius 3 is 2.40 bits per heavy atom. The molecule has 0 bridgehead atoms. The molecule has 42 heavy (non-hydrogen) atoms. The molecule has 0 aliphatic heterocycles. The fourth-order valence-corrected chi connectivity index (χ4v) is 4.05. The predicted molar refractivity (Wildman–Crippen MR) is 158 cm³/mol. The molecule has 0 heterocycles. The molecule has 10 heteroatoms. The Morgan fingerprint density at radius 2 is 1.76 bits per heavy atom. The molecule has 1 aliphatic carbocycles. The van der Waals surface area contributed by atoms with Gasteiger partial charge in [-0.15, -0.1) is 10.1 Å². The Labute approximate surface area is 246 Å². The topological polar surface area (TPSA) is 90.7 Å². The van der Waals surface area contributed by atoms with Gasteiger partial charge >= 0.3 is 6.18 Å². The van der Waals surface area contributed by atoms with E-state index in [-0.39, 0.29) is 12.4 Å². The maximum atomic E-state index is 12.5. The lowest BCUT2D eigenvalue weighted by atomic mass is 10.1. The SMILES string of the molecule is C/C=C\CCCC.FC(F)(F)c1cccc(OCC/C=C/C2CCCC2)c1.O=CNCc1cccc(CO[N+](=O)[O-])c1. The molecule has 3 rings (SSSR count). The van der Waals surface area contributed by atoms with Gasteiger partial charge in [0.05, 0.1) is 12.2 Å². The van der Waals surface area contributed by atoms with Crippen molar-refractivity contribution in [2.45, 2.75) is 84.5 Å². The number of nitrogens with one attached hydrogen (secondary N) is 1. The molecular weight excluding hydrogens is 549 g/mol. The van der Waals surface area contributed by atoms with Gasteiger partial charge in [-0.25, -0.2) is 0 Å². The molecular formula is C32H43F3N2O5. The third-order valence-corrected chi connectivity index (χ3v) is 6.20. The fraction of sp³-hybridized carbons (Fsp3) is 0.469. The summed E-state index contributed by atoms with van der Waals surface area (Å²) in [6.45, 7) is 5.00. The van der Waals surface area contributed by atoms with Gasteiger partial charge in [0.25, 0.3) is 5.09 Å². The van der Waals surface area contributed by atoms with Crippen molar-refractivity contribution < 1.29 is 32.6 Å². The van der Waals surface area contributed by atoms with Crippen LogP contribution in [0.1, 0.15) is 81.9 Å². The lowest BCUT2D eigenvalue weighted by Gasteiger charge is -2.09. The van der Waals surface area contributed by atoms with Crippen LogP contribution in [0.15, 0.2) is 72.8 Å². The van der Waals surface area contributed by atoms with Crippen LogP contribution in [-0.4, -0.2) is 18.1 Å². The second-order valence-electron chi connectivity index (χ2n) is 9.66. The van der Waals surface area contributed by atoms with Crippen molar-refractivity contribution in [1.29, 1.82) is 0 Å². The standard InChI is InChI=1S/C16H19F3O.C9H10N2O4.C7H14/c17-16(18,19)14-9-5-10-15(12-14)20-11-4-3-8-13-6-1-2-7-13;12-7-10-5-8-2-1-3-9(4-8)6-15-11(13)14;1-3-5-7-6-4-2/h3,5,8-10,12-13H,1-2,4,6-7,11H2;1-4,7H,5-6H2,(H,10,12);3,5H,4,6-7H2,1-2H3/b8-3+;;5-3-. The molecule has 0 spiro atoms. The van der Waals surface area contributed by atoms with E-state index in [1.54, 1.807) is 24.3 Å². The summed E-state index contributed by atoms with van der Waals surface area (Å²) >= 11 is 0. The van der Waals surface area contributed by atoms with Crippen LogP contribution in [0.5, 0.6) is 5.75 Å². The molecule has 0 atom stereocenters. The van der Waals surface area contributed by atoms with Crippen LogP contribution < -0.4 is 10.1 Å². The second kappa shape index (κ2) is 21.9. The van der Waals surface area contributed by atoms with E-state index in [1.807, 2.05) is 6.07 Å². The van der Waals surface area contributed by atoms with E-state index in [4.69, 9.17) is 4.74 Å². The molecule has 0 radical (unpaired) electrons. The largest absolute Gasteiger partial charge is 0.493 e. The molecule has 1 N–H and O–H groups in total. The summed E-state index contributed by atoms with van der Waals surface area (Å²) in [5, 5.41) is 11.6. The van der Waals surface area contributed by atoms with Crippen molar-refractivity contribution in [3.63, 3.8) is 0 Å². The normalized spacial score (nSPS) is 13.2. The van der Waals surface area contributed by atoms with Crippen LogP contribution in [0, 0.1) is 16.0 Å². The Hall–Kier alpha value is -3.82. The molecule has 7 nitrogen and oxygen atoms in total. The minimum Gasteiger partial charge on any atom is -0.493 e. The Morgan fingerprint density at radius 1 is 1.05 bits per heavy atom. The van der Waals surface area contributed by atoms with Crippen LogP contribution in [0.25, 0.3) is 0 Å². The van der Waals surface area contributed by atoms with Gasteiger partial charge in [-0.3, -0.25) is 4.79 Å². The number of hydrogen-bond donors (Lipinski definition) is 1. The number of benzene rings is 2. The van der Waals surface area contributed by atoms with Gasteiger partial charge in [-0.1, -0.05) is 87.2 Å². The first-order valence-electron chi connectivity index (χ1n) is 14.3. The minimum absolute atomic E-state index is 0.0814. The number of carbonyl (C=O) groups is 1. The zero-order chi connectivity index (χ0) is 31.1. The van der Waals surface area contributed by atoms with Crippen molar-refractivity contribution in [1.82, 2.24) is 5.32 Å². The number of amides is 1. The number of unbranched alkanes of at least 4 members (excludes halogenated alkanes) is 2. The smallest absolute Gasteiger partial charge is 0.416 e. The molecule has 232 valence electrons. The maximum Gasteiger partial charge on any atom is 0.416 e. The van der Waals surface area contributed by atoms with Gasteiger partial charge in [0.2, 0.25) is 6.41 Å². The molecule has 1 fully saturated rings. The van der Waals surface area contributed by atoms with E-state index >= 15 is 0 Å². The average Bonchev–Trinajstić information content (AvgIpc) is 3.49. The van der Waals surface area contributed by atoms with Gasteiger partial charge in [0, 0.05) is 6.54 Å².